The average Bonchev–Trinajstić information content (AvgIpc) is 3.83. The molecule has 4 atom stereocenters. The Labute approximate surface area is 271 Å². The van der Waals surface area contributed by atoms with Crippen LogP contribution in [-0.4, -0.2) is 95.5 Å². The van der Waals surface area contributed by atoms with Crippen LogP contribution in [0.25, 0.3) is 11.4 Å². The van der Waals surface area contributed by atoms with Gasteiger partial charge in [-0.15, -0.1) is 0 Å². The molecule has 5 heterocycles. The summed E-state index contributed by atoms with van der Waals surface area (Å²) in [4.78, 5) is 37.7. The first-order chi connectivity index (χ1) is 22.5. The number of morpholine rings is 1. The molecule has 46 heavy (non-hydrogen) atoms. The van der Waals surface area contributed by atoms with Gasteiger partial charge >= 0.3 is 6.03 Å². The van der Waals surface area contributed by atoms with Gasteiger partial charge in [0, 0.05) is 66.9 Å². The number of carbonyl (C=O) groups excluding carboxylic acids is 1. The highest BCUT2D eigenvalue weighted by atomic mass is 16.5. The standard InChI is InChI=1S/C35H45N9O2/c1-23-3-4-24(2)43(23)33-38-32(39-34(40-33)44-30-15-16-31(44)22-46-21-30)25-5-7-26(8-6-25)36-35(45)37-27-9-11-28(12-10-27)41-17-19-42(20-18-41)29-13-14-29/h5-12,23-24,29-31H,3-4,13-22H2,1-2H3,(H2,36,37,45)/t23-,24+,30?,31?. The SMILES string of the molecule is C[C@@H]1CC[C@H](C)N1c1nc(-c2ccc(NC(=O)Nc3ccc(N4CCN(C5CC5)CC4)cc3)cc2)nc(N2C3CCC2COC3)n1. The quantitative estimate of drug-likeness (QED) is 0.367. The summed E-state index contributed by atoms with van der Waals surface area (Å²) in [5.74, 6) is 2.15. The summed E-state index contributed by atoms with van der Waals surface area (Å²) in [6.45, 7) is 10.3. The van der Waals surface area contributed by atoms with Crippen molar-refractivity contribution < 1.29 is 9.53 Å². The first-order valence-corrected chi connectivity index (χ1v) is 17.2. The first-order valence-electron chi connectivity index (χ1n) is 17.2. The summed E-state index contributed by atoms with van der Waals surface area (Å²) in [5.41, 5.74) is 3.57. The van der Waals surface area contributed by atoms with E-state index in [1.807, 2.05) is 36.4 Å². The Bertz CT molecular complexity index is 1510. The van der Waals surface area contributed by atoms with E-state index < -0.39 is 0 Å². The molecule has 5 fully saturated rings. The Kier molecular flexibility index (Phi) is 7.89. The second-order valence-corrected chi connectivity index (χ2v) is 13.7. The normalized spacial score (nSPS) is 26.4. The Balaban J connectivity index is 0.943. The number of hydrogen-bond acceptors (Lipinski definition) is 9. The van der Waals surface area contributed by atoms with E-state index in [2.05, 4.69) is 56.2 Å². The third-order valence-corrected chi connectivity index (χ3v) is 10.5. The van der Waals surface area contributed by atoms with Crippen molar-refractivity contribution in [2.75, 3.05) is 64.7 Å². The summed E-state index contributed by atoms with van der Waals surface area (Å²) in [6.07, 6.45) is 7.18. The number of piperazine rings is 1. The molecule has 2 N–H and O–H groups in total. The lowest BCUT2D eigenvalue weighted by atomic mass is 10.2. The molecule has 2 unspecified atom stereocenters. The van der Waals surface area contributed by atoms with Crippen LogP contribution in [0.5, 0.6) is 0 Å². The topological polar surface area (TPSA) is 102 Å². The van der Waals surface area contributed by atoms with Gasteiger partial charge in [-0.25, -0.2) is 4.79 Å². The average molecular weight is 624 g/mol. The lowest BCUT2D eigenvalue weighted by Crippen LogP contribution is -2.47. The van der Waals surface area contributed by atoms with Crippen molar-refractivity contribution in [2.45, 2.75) is 82.6 Å². The molecule has 11 heteroatoms. The Hall–Kier alpha value is -3.96. The molecule has 0 radical (unpaired) electrons. The molecule has 1 saturated carbocycles. The first kappa shape index (κ1) is 29.4. The van der Waals surface area contributed by atoms with Crippen LogP contribution >= 0.6 is 0 Å². The van der Waals surface area contributed by atoms with E-state index in [-0.39, 0.29) is 6.03 Å². The van der Waals surface area contributed by atoms with Crippen LogP contribution in [-0.2, 0) is 4.74 Å². The summed E-state index contributed by atoms with van der Waals surface area (Å²) < 4.78 is 5.85. The fourth-order valence-electron chi connectivity index (χ4n) is 7.79. The van der Waals surface area contributed by atoms with Gasteiger partial charge in [0.15, 0.2) is 5.82 Å². The monoisotopic (exact) mass is 623 g/mol. The van der Waals surface area contributed by atoms with Crippen LogP contribution in [0.2, 0.25) is 0 Å². The second kappa shape index (κ2) is 12.3. The Morgan fingerprint density at radius 3 is 1.80 bits per heavy atom. The third-order valence-electron chi connectivity index (χ3n) is 10.5. The molecule has 4 aliphatic heterocycles. The zero-order valence-electron chi connectivity index (χ0n) is 26.9. The number of carbonyl (C=O) groups is 1. The maximum absolute atomic E-state index is 12.9. The fraction of sp³-hybridized carbons (Fsp3) is 0.543. The van der Waals surface area contributed by atoms with Crippen LogP contribution < -0.4 is 25.3 Å². The highest BCUT2D eigenvalue weighted by Crippen LogP contribution is 2.36. The predicted molar refractivity (Wildman–Crippen MR) is 182 cm³/mol. The van der Waals surface area contributed by atoms with E-state index >= 15 is 0 Å². The van der Waals surface area contributed by atoms with E-state index in [0.29, 0.717) is 48.9 Å². The summed E-state index contributed by atoms with van der Waals surface area (Å²) in [6, 6.07) is 17.8. The maximum Gasteiger partial charge on any atom is 0.323 e. The highest BCUT2D eigenvalue weighted by molar-refractivity contribution is 6.00. The fourth-order valence-corrected chi connectivity index (χ4v) is 7.79. The minimum atomic E-state index is -0.275. The van der Waals surface area contributed by atoms with Crippen molar-refractivity contribution in [3.8, 4) is 11.4 Å². The number of hydrogen-bond donors (Lipinski definition) is 2. The number of amides is 2. The van der Waals surface area contributed by atoms with Gasteiger partial charge < -0.3 is 30.1 Å². The van der Waals surface area contributed by atoms with Crippen LogP contribution in [0.3, 0.4) is 0 Å². The minimum Gasteiger partial charge on any atom is -0.377 e. The summed E-state index contributed by atoms with van der Waals surface area (Å²) in [5, 5.41) is 5.94. The van der Waals surface area contributed by atoms with Gasteiger partial charge in [0.25, 0.3) is 0 Å². The van der Waals surface area contributed by atoms with Crippen molar-refractivity contribution in [2.24, 2.45) is 0 Å². The lowest BCUT2D eigenvalue weighted by molar-refractivity contribution is 0.0897. The Morgan fingerprint density at radius 2 is 1.22 bits per heavy atom. The van der Waals surface area contributed by atoms with Crippen molar-refractivity contribution in [1.82, 2.24) is 19.9 Å². The van der Waals surface area contributed by atoms with E-state index in [4.69, 9.17) is 19.7 Å². The zero-order valence-corrected chi connectivity index (χ0v) is 26.9. The van der Waals surface area contributed by atoms with Gasteiger partial charge in [-0.2, -0.15) is 15.0 Å². The number of nitrogens with zero attached hydrogens (tertiary/aromatic N) is 7. The number of fused-ring (bicyclic) bond motifs is 2. The van der Waals surface area contributed by atoms with E-state index in [9.17, 15) is 4.79 Å². The number of urea groups is 1. The lowest BCUT2D eigenvalue weighted by Gasteiger charge is -2.36. The van der Waals surface area contributed by atoms with Gasteiger partial charge in [-0.05, 0) is 101 Å². The molecule has 2 bridgehead atoms. The summed E-state index contributed by atoms with van der Waals surface area (Å²) in [7, 11) is 0. The van der Waals surface area contributed by atoms with Gasteiger partial charge in [0.2, 0.25) is 11.9 Å². The number of aromatic nitrogens is 3. The Morgan fingerprint density at radius 1 is 0.674 bits per heavy atom. The molecule has 2 amide bonds. The number of nitrogens with one attached hydrogen (secondary N) is 2. The van der Waals surface area contributed by atoms with Crippen molar-refractivity contribution in [1.29, 1.82) is 0 Å². The molecule has 0 spiro atoms. The van der Waals surface area contributed by atoms with Crippen molar-refractivity contribution in [3.63, 3.8) is 0 Å². The van der Waals surface area contributed by atoms with Gasteiger partial charge in [-0.1, -0.05) is 0 Å². The van der Waals surface area contributed by atoms with Crippen LogP contribution in [0.1, 0.15) is 52.4 Å². The smallest absolute Gasteiger partial charge is 0.323 e. The molecule has 2 aromatic carbocycles. The largest absolute Gasteiger partial charge is 0.377 e. The number of benzene rings is 2. The molecule has 8 rings (SSSR count). The van der Waals surface area contributed by atoms with Gasteiger partial charge in [0.05, 0.1) is 25.3 Å². The van der Waals surface area contributed by atoms with E-state index in [0.717, 1.165) is 81.1 Å². The van der Waals surface area contributed by atoms with Gasteiger partial charge in [-0.3, -0.25) is 4.90 Å². The third kappa shape index (κ3) is 5.98. The zero-order chi connectivity index (χ0) is 31.2. The molecule has 5 aliphatic rings. The molecular weight excluding hydrogens is 578 g/mol. The molecule has 1 aliphatic carbocycles. The maximum atomic E-state index is 12.9. The van der Waals surface area contributed by atoms with Gasteiger partial charge in [0.1, 0.15) is 0 Å². The number of rotatable bonds is 7. The molecule has 242 valence electrons. The van der Waals surface area contributed by atoms with Crippen molar-refractivity contribution in [3.05, 3.63) is 48.5 Å². The predicted octanol–water partition coefficient (Wildman–Crippen LogP) is 5.21. The molecule has 3 aromatic rings. The number of anilines is 5. The summed E-state index contributed by atoms with van der Waals surface area (Å²) >= 11 is 0. The minimum absolute atomic E-state index is 0.275. The van der Waals surface area contributed by atoms with Crippen LogP contribution in [0.15, 0.2) is 48.5 Å². The van der Waals surface area contributed by atoms with Crippen LogP contribution in [0.4, 0.5) is 33.8 Å². The molecule has 1 aromatic heterocycles. The van der Waals surface area contributed by atoms with Crippen LogP contribution in [0, 0.1) is 0 Å². The van der Waals surface area contributed by atoms with E-state index in [1.165, 1.54) is 18.5 Å². The van der Waals surface area contributed by atoms with E-state index in [1.54, 1.807) is 0 Å². The molecule has 4 saturated heterocycles. The molecule has 11 nitrogen and oxygen atoms in total. The molecular formula is C35H45N9O2. The highest BCUT2D eigenvalue weighted by Gasteiger charge is 2.40. The second-order valence-electron chi connectivity index (χ2n) is 13.7. The van der Waals surface area contributed by atoms with Crippen molar-refractivity contribution >= 4 is 35.0 Å². The number of ether oxygens (including phenoxy) is 1.